The molecule has 0 spiro atoms. The number of allylic oxidation sites excluding steroid dienone is 2. The lowest BCUT2D eigenvalue weighted by molar-refractivity contribution is -0.141. The van der Waals surface area contributed by atoms with Crippen molar-refractivity contribution in [1.82, 2.24) is 0 Å². The SMILES string of the molecule is COC(=O)C[C@@H]1c2cc(OCc3ccc(-c4cc(OC)ccc4F)c(C4=CCCC4(C)C)c3)ccc2CC1(C)C. The molecule has 40 heavy (non-hydrogen) atoms. The Morgan fingerprint density at radius 3 is 2.40 bits per heavy atom. The van der Waals surface area contributed by atoms with Crippen LogP contribution < -0.4 is 9.47 Å². The van der Waals surface area contributed by atoms with Crippen molar-refractivity contribution < 1.29 is 23.4 Å². The quantitative estimate of drug-likeness (QED) is 0.268. The average molecular weight is 543 g/mol. The van der Waals surface area contributed by atoms with Gasteiger partial charge in [-0.05, 0) is 99.9 Å². The van der Waals surface area contributed by atoms with Crippen molar-refractivity contribution in [2.45, 2.75) is 65.9 Å². The van der Waals surface area contributed by atoms with Gasteiger partial charge in [0, 0.05) is 11.5 Å². The van der Waals surface area contributed by atoms with Crippen LogP contribution in [0.5, 0.6) is 11.5 Å². The summed E-state index contributed by atoms with van der Waals surface area (Å²) in [5.41, 5.74) is 7.04. The van der Waals surface area contributed by atoms with Gasteiger partial charge in [-0.1, -0.05) is 52.0 Å². The Kier molecular flexibility index (Phi) is 7.52. The predicted octanol–water partition coefficient (Wildman–Crippen LogP) is 8.51. The number of hydrogen-bond acceptors (Lipinski definition) is 4. The Hall–Kier alpha value is -3.60. The number of carbonyl (C=O) groups excluding carboxylic acids is 1. The van der Waals surface area contributed by atoms with E-state index < -0.39 is 0 Å². The molecule has 2 aliphatic rings. The van der Waals surface area contributed by atoms with E-state index >= 15 is 4.39 Å². The molecule has 5 rings (SSSR count). The van der Waals surface area contributed by atoms with E-state index in [1.54, 1.807) is 19.2 Å². The lowest BCUT2D eigenvalue weighted by atomic mass is 9.78. The zero-order valence-electron chi connectivity index (χ0n) is 24.4. The van der Waals surface area contributed by atoms with Gasteiger partial charge in [0.25, 0.3) is 0 Å². The third kappa shape index (κ3) is 5.39. The molecule has 1 atom stereocenters. The molecule has 0 saturated heterocycles. The van der Waals surface area contributed by atoms with Crippen LogP contribution in [0.4, 0.5) is 4.39 Å². The van der Waals surface area contributed by atoms with Crippen LogP contribution in [0.15, 0.2) is 60.7 Å². The topological polar surface area (TPSA) is 44.8 Å². The summed E-state index contributed by atoms with van der Waals surface area (Å²) in [6, 6.07) is 17.2. The highest BCUT2D eigenvalue weighted by Crippen LogP contribution is 2.50. The second-order valence-electron chi connectivity index (χ2n) is 12.4. The fourth-order valence-corrected chi connectivity index (χ4v) is 6.43. The van der Waals surface area contributed by atoms with Gasteiger partial charge in [-0.3, -0.25) is 4.79 Å². The molecule has 2 aliphatic carbocycles. The van der Waals surface area contributed by atoms with Crippen molar-refractivity contribution in [2.75, 3.05) is 14.2 Å². The number of carbonyl (C=O) groups is 1. The minimum absolute atomic E-state index is 0.00892. The number of halogens is 1. The molecule has 0 N–H and O–H groups in total. The number of benzene rings is 3. The van der Waals surface area contributed by atoms with Gasteiger partial charge in [0.1, 0.15) is 23.9 Å². The summed E-state index contributed by atoms with van der Waals surface area (Å²) in [5.74, 6) is 1.01. The van der Waals surface area contributed by atoms with Gasteiger partial charge in [-0.15, -0.1) is 0 Å². The van der Waals surface area contributed by atoms with Crippen LogP contribution in [-0.4, -0.2) is 20.2 Å². The van der Waals surface area contributed by atoms with Crippen molar-refractivity contribution in [3.8, 4) is 22.6 Å². The lowest BCUT2D eigenvalue weighted by Crippen LogP contribution is -2.21. The smallest absolute Gasteiger partial charge is 0.306 e. The number of hydrogen-bond donors (Lipinski definition) is 0. The lowest BCUT2D eigenvalue weighted by Gasteiger charge is -2.26. The molecule has 0 saturated carbocycles. The molecule has 0 amide bonds. The minimum atomic E-state index is -0.273. The van der Waals surface area contributed by atoms with Gasteiger partial charge in [0.05, 0.1) is 20.6 Å². The third-order valence-electron chi connectivity index (χ3n) is 8.77. The molecule has 0 aromatic heterocycles. The Bertz CT molecular complexity index is 1470. The van der Waals surface area contributed by atoms with E-state index in [0.29, 0.717) is 24.3 Å². The van der Waals surface area contributed by atoms with Gasteiger partial charge in [0.15, 0.2) is 0 Å². The highest BCUT2D eigenvalue weighted by atomic mass is 19.1. The molecule has 0 fully saturated rings. The maximum absolute atomic E-state index is 15.1. The van der Waals surface area contributed by atoms with Crippen LogP contribution in [0, 0.1) is 16.6 Å². The number of ether oxygens (including phenoxy) is 3. The summed E-state index contributed by atoms with van der Waals surface area (Å²) in [5, 5.41) is 0. The monoisotopic (exact) mass is 542 g/mol. The molecule has 3 aromatic carbocycles. The molecule has 210 valence electrons. The molecule has 3 aromatic rings. The van der Waals surface area contributed by atoms with Crippen LogP contribution in [0.1, 0.15) is 75.1 Å². The van der Waals surface area contributed by atoms with Gasteiger partial charge in [-0.25, -0.2) is 4.39 Å². The maximum Gasteiger partial charge on any atom is 0.306 e. The number of esters is 1. The number of fused-ring (bicyclic) bond motifs is 1. The van der Waals surface area contributed by atoms with E-state index in [-0.39, 0.29) is 28.5 Å². The zero-order valence-corrected chi connectivity index (χ0v) is 24.4. The van der Waals surface area contributed by atoms with E-state index in [2.05, 4.69) is 52.0 Å². The Morgan fingerprint density at radius 2 is 1.70 bits per heavy atom. The van der Waals surface area contributed by atoms with Gasteiger partial charge in [-0.2, -0.15) is 0 Å². The van der Waals surface area contributed by atoms with Crippen LogP contribution >= 0.6 is 0 Å². The first-order chi connectivity index (χ1) is 19.0. The summed E-state index contributed by atoms with van der Waals surface area (Å²) in [4.78, 5) is 12.1. The summed E-state index contributed by atoms with van der Waals surface area (Å²) in [6.45, 7) is 9.28. The molecule has 0 heterocycles. The van der Waals surface area contributed by atoms with Crippen LogP contribution in [0.3, 0.4) is 0 Å². The first-order valence-electron chi connectivity index (χ1n) is 14.0. The van der Waals surface area contributed by atoms with E-state index in [1.165, 1.54) is 24.3 Å². The van der Waals surface area contributed by atoms with E-state index in [9.17, 15) is 4.79 Å². The summed E-state index contributed by atoms with van der Waals surface area (Å²) >= 11 is 0. The molecule has 0 radical (unpaired) electrons. The molecular weight excluding hydrogens is 503 g/mol. The van der Waals surface area contributed by atoms with Crippen molar-refractivity contribution in [2.24, 2.45) is 10.8 Å². The highest BCUT2D eigenvalue weighted by molar-refractivity contribution is 5.85. The zero-order chi connectivity index (χ0) is 28.7. The van der Waals surface area contributed by atoms with E-state index in [0.717, 1.165) is 47.3 Å². The fourth-order valence-electron chi connectivity index (χ4n) is 6.43. The minimum Gasteiger partial charge on any atom is -0.497 e. The third-order valence-corrected chi connectivity index (χ3v) is 8.77. The Labute approximate surface area is 237 Å². The second kappa shape index (κ2) is 10.8. The van der Waals surface area contributed by atoms with Crippen LogP contribution in [0.25, 0.3) is 16.7 Å². The van der Waals surface area contributed by atoms with E-state index in [4.69, 9.17) is 14.2 Å². The first kappa shape index (κ1) is 27.9. The van der Waals surface area contributed by atoms with E-state index in [1.807, 2.05) is 18.2 Å². The van der Waals surface area contributed by atoms with Crippen LogP contribution in [-0.2, 0) is 22.6 Å². The van der Waals surface area contributed by atoms with Gasteiger partial charge < -0.3 is 14.2 Å². The van der Waals surface area contributed by atoms with Crippen molar-refractivity contribution >= 4 is 11.5 Å². The normalized spacial score (nSPS) is 18.7. The van der Waals surface area contributed by atoms with Crippen LogP contribution in [0.2, 0.25) is 0 Å². The van der Waals surface area contributed by atoms with Crippen molar-refractivity contribution in [3.05, 3.63) is 88.7 Å². The molecule has 4 nitrogen and oxygen atoms in total. The maximum atomic E-state index is 15.1. The van der Waals surface area contributed by atoms with Crippen molar-refractivity contribution in [3.63, 3.8) is 0 Å². The fraction of sp³-hybridized carbons (Fsp3) is 0.400. The summed E-state index contributed by atoms with van der Waals surface area (Å²) in [7, 11) is 3.04. The summed E-state index contributed by atoms with van der Waals surface area (Å²) in [6.07, 6.45) is 5.62. The average Bonchev–Trinajstić information content (AvgIpc) is 3.41. The molecule has 0 unspecified atom stereocenters. The Morgan fingerprint density at radius 1 is 0.925 bits per heavy atom. The van der Waals surface area contributed by atoms with Gasteiger partial charge in [0.2, 0.25) is 0 Å². The first-order valence-corrected chi connectivity index (χ1v) is 14.0. The van der Waals surface area contributed by atoms with Gasteiger partial charge >= 0.3 is 5.97 Å². The highest BCUT2D eigenvalue weighted by Gasteiger charge is 2.40. The molecule has 5 heteroatoms. The second-order valence-corrected chi connectivity index (χ2v) is 12.4. The molecule has 0 bridgehead atoms. The van der Waals surface area contributed by atoms with Crippen molar-refractivity contribution in [1.29, 1.82) is 0 Å². The number of methoxy groups -OCH3 is 2. The molecular formula is C35H39FO4. The summed E-state index contributed by atoms with van der Waals surface area (Å²) < 4.78 is 31.8. The standard InChI is InChI=1S/C35H39FO4/c1-34(2)15-7-8-30(34)28-16-22(9-13-26(28)29-17-24(38-5)12-14-32(29)36)21-40-25-11-10-23-20-35(3,4)31(27(23)18-25)19-33(37)39-6/h8-14,16-18,31H,7,15,19-21H2,1-6H3/t31-/m1/s1. The number of rotatable bonds is 8. The largest absolute Gasteiger partial charge is 0.497 e. The Balaban J connectivity index is 1.45. The molecule has 0 aliphatic heterocycles. The predicted molar refractivity (Wildman–Crippen MR) is 157 cm³/mol.